The van der Waals surface area contributed by atoms with E-state index in [2.05, 4.69) is 36.4 Å². The Hall–Kier alpha value is -1.75. The number of nitrogen functional groups attached to an aromatic ring is 1. The minimum Gasteiger partial charge on any atom is -0.397 e. The number of nitrogens with one attached hydrogen (secondary N) is 2. The van der Waals surface area contributed by atoms with Crippen molar-refractivity contribution in [2.45, 2.75) is 33.2 Å². The number of anilines is 2. The molecule has 1 aromatic rings. The van der Waals surface area contributed by atoms with E-state index in [4.69, 9.17) is 5.73 Å². The van der Waals surface area contributed by atoms with Gasteiger partial charge in [-0.15, -0.1) is 0 Å². The number of amides is 1. The van der Waals surface area contributed by atoms with E-state index in [1.807, 2.05) is 13.0 Å². The second-order valence-electron chi connectivity index (χ2n) is 5.52. The number of rotatable bonds is 8. The van der Waals surface area contributed by atoms with Crippen LogP contribution in [-0.2, 0) is 0 Å². The van der Waals surface area contributed by atoms with Crippen LogP contribution >= 0.6 is 0 Å². The average molecular weight is 292 g/mol. The van der Waals surface area contributed by atoms with Crippen molar-refractivity contribution in [3.63, 3.8) is 0 Å². The monoisotopic (exact) mass is 292 g/mol. The minimum absolute atomic E-state index is 0.0694. The molecule has 118 valence electrons. The SMILES string of the molecule is CCNC(=O)c1ccc(N)c(NCCCN(C)C(C)C)c1. The summed E-state index contributed by atoms with van der Waals surface area (Å²) in [6, 6.07) is 5.88. The van der Waals surface area contributed by atoms with Crippen molar-refractivity contribution < 1.29 is 4.79 Å². The zero-order valence-electron chi connectivity index (χ0n) is 13.6. The Kier molecular flexibility index (Phi) is 7.02. The van der Waals surface area contributed by atoms with Crippen molar-refractivity contribution >= 4 is 17.3 Å². The normalized spacial score (nSPS) is 11.0. The quantitative estimate of drug-likeness (QED) is 0.507. The van der Waals surface area contributed by atoms with Crippen LogP contribution in [0.4, 0.5) is 11.4 Å². The molecular formula is C16H28N4O. The van der Waals surface area contributed by atoms with Gasteiger partial charge >= 0.3 is 0 Å². The molecule has 1 aromatic carbocycles. The van der Waals surface area contributed by atoms with Gasteiger partial charge in [-0.2, -0.15) is 0 Å². The van der Waals surface area contributed by atoms with Crippen molar-refractivity contribution in [2.24, 2.45) is 0 Å². The lowest BCUT2D eigenvalue weighted by atomic mass is 10.1. The third kappa shape index (κ3) is 5.63. The summed E-state index contributed by atoms with van der Waals surface area (Å²) in [6.07, 6.45) is 1.03. The Morgan fingerprint density at radius 3 is 2.71 bits per heavy atom. The smallest absolute Gasteiger partial charge is 0.251 e. The summed E-state index contributed by atoms with van der Waals surface area (Å²) in [5.74, 6) is -0.0694. The van der Waals surface area contributed by atoms with Crippen molar-refractivity contribution in [2.75, 3.05) is 37.7 Å². The molecule has 0 fully saturated rings. The number of hydrogen-bond donors (Lipinski definition) is 3. The summed E-state index contributed by atoms with van der Waals surface area (Å²) >= 11 is 0. The molecule has 1 rings (SSSR count). The van der Waals surface area contributed by atoms with Gasteiger partial charge in [0.05, 0.1) is 11.4 Å². The first-order valence-corrected chi connectivity index (χ1v) is 7.57. The van der Waals surface area contributed by atoms with Gasteiger partial charge in [-0.25, -0.2) is 0 Å². The number of nitrogens with zero attached hydrogens (tertiary/aromatic N) is 1. The molecule has 4 N–H and O–H groups in total. The molecule has 0 unspecified atom stereocenters. The van der Waals surface area contributed by atoms with Crippen molar-refractivity contribution in [3.05, 3.63) is 23.8 Å². The van der Waals surface area contributed by atoms with Gasteiger partial charge in [0.25, 0.3) is 5.91 Å². The molecule has 0 aliphatic rings. The Balaban J connectivity index is 2.54. The van der Waals surface area contributed by atoms with E-state index >= 15 is 0 Å². The summed E-state index contributed by atoms with van der Waals surface area (Å²) < 4.78 is 0. The lowest BCUT2D eigenvalue weighted by Gasteiger charge is -2.21. The first kappa shape index (κ1) is 17.3. The van der Waals surface area contributed by atoms with Gasteiger partial charge in [-0.05, 0) is 59.0 Å². The predicted molar refractivity (Wildman–Crippen MR) is 89.7 cm³/mol. The maximum Gasteiger partial charge on any atom is 0.251 e. The van der Waals surface area contributed by atoms with Gasteiger partial charge in [0.2, 0.25) is 0 Å². The average Bonchev–Trinajstić information content (AvgIpc) is 2.45. The first-order chi connectivity index (χ1) is 9.95. The highest BCUT2D eigenvalue weighted by atomic mass is 16.1. The Morgan fingerprint density at radius 1 is 1.38 bits per heavy atom. The van der Waals surface area contributed by atoms with Crippen LogP contribution in [0.5, 0.6) is 0 Å². The number of carbonyl (C=O) groups excluding carboxylic acids is 1. The highest BCUT2D eigenvalue weighted by Crippen LogP contribution is 2.20. The van der Waals surface area contributed by atoms with Gasteiger partial charge in [0.1, 0.15) is 0 Å². The number of carbonyl (C=O) groups is 1. The van der Waals surface area contributed by atoms with Crippen molar-refractivity contribution in [1.82, 2.24) is 10.2 Å². The molecule has 0 heterocycles. The number of benzene rings is 1. The van der Waals surface area contributed by atoms with Crippen LogP contribution < -0.4 is 16.4 Å². The van der Waals surface area contributed by atoms with E-state index in [0.29, 0.717) is 23.8 Å². The summed E-state index contributed by atoms with van der Waals surface area (Å²) in [6.45, 7) is 8.75. The topological polar surface area (TPSA) is 70.4 Å². The fourth-order valence-electron chi connectivity index (χ4n) is 1.92. The molecule has 0 spiro atoms. The van der Waals surface area contributed by atoms with E-state index in [1.54, 1.807) is 12.1 Å². The van der Waals surface area contributed by atoms with Crippen LogP contribution in [0.2, 0.25) is 0 Å². The highest BCUT2D eigenvalue weighted by molar-refractivity contribution is 5.96. The Bertz CT molecular complexity index is 460. The molecule has 0 aromatic heterocycles. The van der Waals surface area contributed by atoms with Crippen LogP contribution in [0.1, 0.15) is 37.6 Å². The van der Waals surface area contributed by atoms with Crippen molar-refractivity contribution in [3.8, 4) is 0 Å². The van der Waals surface area contributed by atoms with E-state index in [-0.39, 0.29) is 5.91 Å². The number of nitrogens with two attached hydrogens (primary N) is 1. The van der Waals surface area contributed by atoms with E-state index in [0.717, 1.165) is 25.2 Å². The maximum absolute atomic E-state index is 11.8. The molecule has 0 atom stereocenters. The zero-order valence-corrected chi connectivity index (χ0v) is 13.6. The number of hydrogen-bond acceptors (Lipinski definition) is 4. The summed E-state index contributed by atoms with van der Waals surface area (Å²) in [5, 5.41) is 6.10. The van der Waals surface area contributed by atoms with E-state index in [9.17, 15) is 4.79 Å². The molecule has 0 saturated heterocycles. The largest absolute Gasteiger partial charge is 0.397 e. The lowest BCUT2D eigenvalue weighted by molar-refractivity contribution is 0.0956. The van der Waals surface area contributed by atoms with Crippen LogP contribution in [-0.4, -0.2) is 43.5 Å². The molecule has 0 saturated carbocycles. The summed E-state index contributed by atoms with van der Waals surface area (Å²) in [7, 11) is 2.12. The Labute approximate surface area is 127 Å². The van der Waals surface area contributed by atoms with E-state index < -0.39 is 0 Å². The fourth-order valence-corrected chi connectivity index (χ4v) is 1.92. The standard InChI is InChI=1S/C16H28N4O/c1-5-18-16(21)13-7-8-14(17)15(11-13)19-9-6-10-20(4)12(2)3/h7-8,11-12,19H,5-6,9-10,17H2,1-4H3,(H,18,21). The molecule has 1 amide bonds. The third-order valence-corrected chi connectivity index (χ3v) is 3.54. The molecule has 0 bridgehead atoms. The van der Waals surface area contributed by atoms with Crippen LogP contribution in [0.3, 0.4) is 0 Å². The van der Waals surface area contributed by atoms with Gasteiger partial charge in [-0.3, -0.25) is 4.79 Å². The van der Waals surface area contributed by atoms with Crippen molar-refractivity contribution in [1.29, 1.82) is 0 Å². The molecule has 5 nitrogen and oxygen atoms in total. The lowest BCUT2D eigenvalue weighted by Crippen LogP contribution is -2.28. The minimum atomic E-state index is -0.0694. The van der Waals surface area contributed by atoms with Gasteiger partial charge in [0.15, 0.2) is 0 Å². The first-order valence-electron chi connectivity index (χ1n) is 7.57. The van der Waals surface area contributed by atoms with Crippen LogP contribution in [0.25, 0.3) is 0 Å². The zero-order chi connectivity index (χ0) is 15.8. The fraction of sp³-hybridized carbons (Fsp3) is 0.562. The molecular weight excluding hydrogens is 264 g/mol. The van der Waals surface area contributed by atoms with Crippen LogP contribution in [0, 0.1) is 0 Å². The molecule has 21 heavy (non-hydrogen) atoms. The van der Waals surface area contributed by atoms with Gasteiger partial charge in [-0.1, -0.05) is 0 Å². The maximum atomic E-state index is 11.8. The Morgan fingerprint density at radius 2 is 2.10 bits per heavy atom. The second kappa shape index (κ2) is 8.52. The third-order valence-electron chi connectivity index (χ3n) is 3.54. The van der Waals surface area contributed by atoms with Gasteiger partial charge in [0, 0.05) is 24.7 Å². The van der Waals surface area contributed by atoms with Crippen LogP contribution in [0.15, 0.2) is 18.2 Å². The molecule has 0 radical (unpaired) electrons. The second-order valence-corrected chi connectivity index (χ2v) is 5.52. The van der Waals surface area contributed by atoms with E-state index in [1.165, 1.54) is 0 Å². The summed E-state index contributed by atoms with van der Waals surface area (Å²) in [5.41, 5.74) is 8.07. The van der Waals surface area contributed by atoms with Gasteiger partial charge < -0.3 is 21.3 Å². The summed E-state index contributed by atoms with van der Waals surface area (Å²) in [4.78, 5) is 14.1. The molecule has 5 heteroatoms. The highest BCUT2D eigenvalue weighted by Gasteiger charge is 2.07. The predicted octanol–water partition coefficient (Wildman–Crippen LogP) is 2.16. The molecule has 0 aliphatic heterocycles. The molecule has 0 aliphatic carbocycles.